The Labute approximate surface area is 609 Å². The number of hydrogen-bond acceptors (Lipinski definition) is 20. The SMILES string of the molecule is C#CCOC(=O)NCCC(=O)NCCOCCOCCOCCOCCC(=O)NCC#Cc1cc(COc2cc3c(cc2OC)C(=O)N2CC(=C)C[C@H]2[C@H](C2CCCCO2)N3C(=O)OC(C)(C)C)cc(COc2cc3c(cc2OC)C(=O)N2CC(=C)C[C@H]2[C@H](C2CCCCO2)N3C(=O)OC(C)(C)C)c1. The monoisotopic (exact) mass is 1440 g/mol. The summed E-state index contributed by atoms with van der Waals surface area (Å²) in [6, 6.07) is 9.90. The van der Waals surface area contributed by atoms with Crippen LogP contribution in [0.25, 0.3) is 0 Å². The summed E-state index contributed by atoms with van der Waals surface area (Å²) in [5, 5.41) is 7.96. The van der Waals surface area contributed by atoms with Crippen molar-refractivity contribution in [2.45, 2.75) is 167 Å². The Balaban J connectivity index is 0.895. The van der Waals surface area contributed by atoms with Gasteiger partial charge in [-0.15, -0.1) is 6.42 Å². The first kappa shape index (κ1) is 79.0. The van der Waals surface area contributed by atoms with Gasteiger partial charge in [-0.2, -0.15) is 0 Å². The fourth-order valence-corrected chi connectivity index (χ4v) is 13.4. The molecule has 0 aliphatic carbocycles. The van der Waals surface area contributed by atoms with E-state index in [1.807, 2.05) is 18.2 Å². The molecule has 564 valence electrons. The third-order valence-corrected chi connectivity index (χ3v) is 17.9. The van der Waals surface area contributed by atoms with Crippen molar-refractivity contribution >= 4 is 53.3 Å². The molecule has 6 aliphatic rings. The van der Waals surface area contributed by atoms with Gasteiger partial charge in [0.15, 0.2) is 29.6 Å². The summed E-state index contributed by atoms with van der Waals surface area (Å²) in [6.45, 7) is 23.3. The van der Waals surface area contributed by atoms with E-state index in [1.54, 1.807) is 85.4 Å². The molecule has 4 saturated heterocycles. The molecule has 0 bridgehead atoms. The number of ether oxygens (including phenoxy) is 13. The molecule has 3 aromatic carbocycles. The normalized spacial score (nSPS) is 20.1. The quantitative estimate of drug-likeness (QED) is 0.0244. The molecule has 0 saturated carbocycles. The van der Waals surface area contributed by atoms with Crippen LogP contribution in [0.3, 0.4) is 0 Å². The van der Waals surface area contributed by atoms with Crippen LogP contribution in [-0.4, -0.2) is 219 Å². The summed E-state index contributed by atoms with van der Waals surface area (Å²) in [7, 11) is 2.96. The van der Waals surface area contributed by atoms with Crippen LogP contribution in [0.5, 0.6) is 23.0 Å². The van der Waals surface area contributed by atoms with Gasteiger partial charge in [0.05, 0.1) is 132 Å². The molecule has 27 heteroatoms. The van der Waals surface area contributed by atoms with Gasteiger partial charge in [-0.3, -0.25) is 29.0 Å². The number of rotatable bonds is 30. The smallest absolute Gasteiger partial charge is 0.415 e. The summed E-state index contributed by atoms with van der Waals surface area (Å²) in [5.74, 6) is 8.26. The topological polar surface area (TPSA) is 289 Å². The minimum atomic E-state index is -0.897. The number of alkyl carbamates (subject to hydrolysis) is 1. The van der Waals surface area contributed by atoms with E-state index in [1.165, 1.54) is 14.2 Å². The number of carbonyl (C=O) groups excluding carboxylic acids is 7. The molecular formula is C77H101N7O20. The zero-order valence-electron chi connectivity index (χ0n) is 61.2. The molecular weight excluding hydrogens is 1340 g/mol. The number of terminal acetylenes is 1. The molecule has 104 heavy (non-hydrogen) atoms. The first-order valence-corrected chi connectivity index (χ1v) is 35.7. The van der Waals surface area contributed by atoms with Crippen molar-refractivity contribution in [3.63, 3.8) is 0 Å². The van der Waals surface area contributed by atoms with Crippen LogP contribution in [0, 0.1) is 24.2 Å². The van der Waals surface area contributed by atoms with Crippen molar-refractivity contribution in [3.05, 3.63) is 94.6 Å². The maximum absolute atomic E-state index is 14.9. The predicted octanol–water partition coefficient (Wildman–Crippen LogP) is 8.58. The maximum Gasteiger partial charge on any atom is 0.415 e. The Bertz CT molecular complexity index is 3490. The third kappa shape index (κ3) is 21.8. The molecule has 4 fully saturated rings. The molecule has 7 amide bonds. The summed E-state index contributed by atoms with van der Waals surface area (Å²) < 4.78 is 77.6. The minimum Gasteiger partial charge on any atom is -0.493 e. The lowest BCUT2D eigenvalue weighted by molar-refractivity contribution is -0.122. The minimum absolute atomic E-state index is 0.000594. The lowest BCUT2D eigenvalue weighted by atomic mass is 9.92. The Morgan fingerprint density at radius 1 is 0.577 bits per heavy atom. The molecule has 0 radical (unpaired) electrons. The fourth-order valence-electron chi connectivity index (χ4n) is 13.4. The summed E-state index contributed by atoms with van der Waals surface area (Å²) in [5.41, 5.74) is 2.73. The molecule has 6 atom stereocenters. The van der Waals surface area contributed by atoms with E-state index in [0.29, 0.717) is 102 Å². The van der Waals surface area contributed by atoms with Gasteiger partial charge in [0.25, 0.3) is 11.8 Å². The van der Waals surface area contributed by atoms with Crippen LogP contribution < -0.4 is 44.7 Å². The molecule has 0 aromatic heterocycles. The van der Waals surface area contributed by atoms with Crippen LogP contribution in [0.2, 0.25) is 0 Å². The molecule has 6 heterocycles. The average molecular weight is 1440 g/mol. The first-order valence-electron chi connectivity index (χ1n) is 35.7. The number of benzene rings is 3. The standard InChI is InChI=1S/C77H101N7O20/c1-12-26-100-73(89)80-24-21-67(85)79-25-30-95-32-34-97-36-35-96-33-31-94-29-22-68(86)78-23-17-18-52-39-53(48-101-65-44-57-55(42-63(65)92-10)71(87)81-46-50(2)37-59(81)69(61-19-13-15-27-98-61)83(57)74(90)103-76(4,5)6)41-54(40-52)49-102-66-45-58-56(43-64(66)93-11)72(88)82-47-51(3)38-60(82)70(62-20-14-16-28-99-62)84(58)75(91)104-77(7,8)9/h1,39-45,59-62,69-70H,2-3,13-16,19-38,46-49H2,4-11H3,(H,78,86)(H,79,85)(H,80,89)/t59-,60-,61?,62?,69+,70+/m0/s1. The van der Waals surface area contributed by atoms with Crippen molar-refractivity contribution in [3.8, 4) is 47.2 Å². The van der Waals surface area contributed by atoms with E-state index in [9.17, 15) is 33.6 Å². The number of hydrogen-bond donors (Lipinski definition) is 3. The zero-order valence-corrected chi connectivity index (χ0v) is 61.2. The largest absolute Gasteiger partial charge is 0.493 e. The number of nitrogens with one attached hydrogen (secondary N) is 3. The number of nitrogens with zero attached hydrogens (tertiary/aromatic N) is 4. The van der Waals surface area contributed by atoms with E-state index in [-0.39, 0.29) is 141 Å². The highest BCUT2D eigenvalue weighted by atomic mass is 16.6. The maximum atomic E-state index is 14.9. The lowest BCUT2D eigenvalue weighted by Crippen LogP contribution is -2.58. The molecule has 2 unspecified atom stereocenters. The van der Waals surface area contributed by atoms with Crippen molar-refractivity contribution in [2.75, 3.05) is 129 Å². The highest BCUT2D eigenvalue weighted by molar-refractivity contribution is 6.07. The molecule has 27 nitrogen and oxygen atoms in total. The molecule has 9 rings (SSSR count). The van der Waals surface area contributed by atoms with Crippen LogP contribution in [0.15, 0.2) is 66.8 Å². The summed E-state index contributed by atoms with van der Waals surface area (Å²) >= 11 is 0. The fraction of sp³-hybridized carbons (Fsp3) is 0.571. The number of fused-ring (bicyclic) bond motifs is 4. The second kappa shape index (κ2) is 37.6. The van der Waals surface area contributed by atoms with E-state index in [2.05, 4.69) is 51.6 Å². The van der Waals surface area contributed by atoms with Gasteiger partial charge in [-0.25, -0.2) is 14.4 Å². The van der Waals surface area contributed by atoms with Gasteiger partial charge in [-0.05, 0) is 134 Å². The van der Waals surface area contributed by atoms with Gasteiger partial charge in [0.2, 0.25) is 11.8 Å². The Hall–Kier alpha value is -9.09. The van der Waals surface area contributed by atoms with Gasteiger partial charge in [0, 0.05) is 69.9 Å². The number of methoxy groups -OCH3 is 2. The van der Waals surface area contributed by atoms with Gasteiger partial charge in [-0.1, -0.05) is 42.1 Å². The van der Waals surface area contributed by atoms with Crippen molar-refractivity contribution in [1.82, 2.24) is 25.8 Å². The second-order valence-corrected chi connectivity index (χ2v) is 28.1. The predicted molar refractivity (Wildman–Crippen MR) is 384 cm³/mol. The average Bonchev–Trinajstić information content (AvgIpc) is 1.59. The van der Waals surface area contributed by atoms with Crippen LogP contribution >= 0.6 is 0 Å². The van der Waals surface area contributed by atoms with Crippen molar-refractivity contribution in [2.24, 2.45) is 0 Å². The van der Waals surface area contributed by atoms with Crippen LogP contribution in [-0.2, 0) is 65.4 Å². The number of carbonyl (C=O) groups is 7. The van der Waals surface area contributed by atoms with Crippen LogP contribution in [0.4, 0.5) is 25.8 Å². The molecule has 6 aliphatic heterocycles. The van der Waals surface area contributed by atoms with Crippen LogP contribution in [0.1, 0.15) is 143 Å². The van der Waals surface area contributed by atoms with E-state index in [4.69, 9.17) is 63.3 Å². The van der Waals surface area contributed by atoms with E-state index >= 15 is 0 Å². The number of anilines is 2. The zero-order chi connectivity index (χ0) is 74.5. The van der Waals surface area contributed by atoms with Gasteiger partial charge >= 0.3 is 18.3 Å². The van der Waals surface area contributed by atoms with Gasteiger partial charge in [0.1, 0.15) is 24.4 Å². The first-order chi connectivity index (χ1) is 49.9. The summed E-state index contributed by atoms with van der Waals surface area (Å²) in [6.07, 6.45) is 8.14. The van der Waals surface area contributed by atoms with Crippen molar-refractivity contribution in [1.29, 1.82) is 0 Å². The van der Waals surface area contributed by atoms with Crippen molar-refractivity contribution < 1.29 is 95.1 Å². The van der Waals surface area contributed by atoms with Gasteiger partial charge < -0.3 is 87.3 Å². The second-order valence-electron chi connectivity index (χ2n) is 28.1. The number of amides is 7. The Morgan fingerprint density at radius 3 is 1.50 bits per heavy atom. The van der Waals surface area contributed by atoms with E-state index in [0.717, 1.165) is 36.8 Å². The molecule has 3 aromatic rings. The highest BCUT2D eigenvalue weighted by Crippen LogP contribution is 2.47. The Kier molecular flexibility index (Phi) is 28.5. The third-order valence-electron chi connectivity index (χ3n) is 17.9. The Morgan fingerprint density at radius 2 is 1.05 bits per heavy atom. The van der Waals surface area contributed by atoms with E-state index < -0.39 is 65.9 Å². The lowest BCUT2D eigenvalue weighted by Gasteiger charge is -2.42. The summed E-state index contributed by atoms with van der Waals surface area (Å²) in [4.78, 5) is 102. The molecule has 3 N–H and O–H groups in total. The highest BCUT2D eigenvalue weighted by Gasteiger charge is 2.53. The molecule has 0 spiro atoms.